The molecule has 1 rings (SSSR count). The van der Waals surface area contributed by atoms with Crippen LogP contribution in [-0.4, -0.2) is 26.7 Å². The summed E-state index contributed by atoms with van der Waals surface area (Å²) in [5.41, 5.74) is 0.895. The normalized spacial score (nSPS) is 11.9. The van der Waals surface area contributed by atoms with E-state index in [9.17, 15) is 4.39 Å². The van der Waals surface area contributed by atoms with Gasteiger partial charge in [0.05, 0.1) is 6.07 Å². The number of benzene rings is 1. The second-order valence-corrected chi connectivity index (χ2v) is 3.33. The lowest BCUT2D eigenvalue weighted by molar-refractivity contribution is 0.626. The molecule has 1 unspecified atom stereocenters. The van der Waals surface area contributed by atoms with Gasteiger partial charge in [0.25, 0.3) is 0 Å². The van der Waals surface area contributed by atoms with Crippen molar-refractivity contribution in [1.29, 1.82) is 5.26 Å². The Morgan fingerprint density at radius 1 is 1.47 bits per heavy atom. The van der Waals surface area contributed by atoms with Gasteiger partial charge in [-0.05, 0) is 31.3 Å². The maximum Gasteiger partial charge on any atom is 0.123 e. The molecule has 1 N–H and O–H groups in total. The highest BCUT2D eigenvalue weighted by atomic mass is 19.1. The summed E-state index contributed by atoms with van der Waals surface area (Å²) in [5.74, 6) is -0.252. The lowest BCUT2D eigenvalue weighted by Crippen LogP contribution is -2.36. The summed E-state index contributed by atoms with van der Waals surface area (Å²) in [4.78, 5) is 1.91. The first-order valence-electron chi connectivity index (χ1n) is 4.71. The molecule has 1 atom stereocenters. The van der Waals surface area contributed by atoms with Gasteiger partial charge in [-0.2, -0.15) is 5.26 Å². The number of hydrogen-bond acceptors (Lipinski definition) is 3. The zero-order valence-corrected chi connectivity index (χ0v) is 8.87. The van der Waals surface area contributed by atoms with Crippen LogP contribution in [0.2, 0.25) is 0 Å². The van der Waals surface area contributed by atoms with Gasteiger partial charge in [0.15, 0.2) is 0 Å². The quantitative estimate of drug-likeness (QED) is 0.810. The highest BCUT2D eigenvalue weighted by Crippen LogP contribution is 2.12. The van der Waals surface area contributed by atoms with Gasteiger partial charge in [0, 0.05) is 19.3 Å². The molecule has 0 radical (unpaired) electrons. The Kier molecular flexibility index (Phi) is 4.07. The minimum atomic E-state index is -0.252. The number of nitrogens with zero attached hydrogens (tertiary/aromatic N) is 2. The van der Waals surface area contributed by atoms with Gasteiger partial charge < -0.3 is 10.2 Å². The molecule has 0 bridgehead atoms. The van der Waals surface area contributed by atoms with Crippen LogP contribution in [-0.2, 0) is 0 Å². The summed E-state index contributed by atoms with van der Waals surface area (Å²) in [7, 11) is 3.61. The monoisotopic (exact) mass is 207 g/mol. The first kappa shape index (κ1) is 11.5. The summed E-state index contributed by atoms with van der Waals surface area (Å²) >= 11 is 0. The van der Waals surface area contributed by atoms with Gasteiger partial charge in [0.1, 0.15) is 11.9 Å². The summed E-state index contributed by atoms with van der Waals surface area (Å²) in [6, 6.07) is 8.12. The Balaban J connectivity index is 2.65. The molecule has 1 aromatic rings. The molecule has 0 aliphatic heterocycles. The van der Waals surface area contributed by atoms with E-state index in [0.29, 0.717) is 6.54 Å². The van der Waals surface area contributed by atoms with E-state index >= 15 is 0 Å². The summed E-state index contributed by atoms with van der Waals surface area (Å²) in [6.45, 7) is 0.568. The Bertz CT molecular complexity index is 342. The van der Waals surface area contributed by atoms with Crippen molar-refractivity contribution in [3.05, 3.63) is 30.1 Å². The average Bonchev–Trinajstić information content (AvgIpc) is 2.26. The van der Waals surface area contributed by atoms with E-state index in [1.165, 1.54) is 12.1 Å². The number of likely N-dealkylation sites (N-methyl/N-ethyl adjacent to an activating group) is 2. The maximum atomic E-state index is 12.7. The van der Waals surface area contributed by atoms with Gasteiger partial charge in [-0.15, -0.1) is 0 Å². The predicted molar refractivity (Wildman–Crippen MR) is 58.1 cm³/mol. The third-order valence-corrected chi connectivity index (χ3v) is 2.23. The molecule has 3 nitrogen and oxygen atoms in total. The molecule has 0 aromatic heterocycles. The van der Waals surface area contributed by atoms with Gasteiger partial charge >= 0.3 is 0 Å². The highest BCUT2D eigenvalue weighted by molar-refractivity contribution is 5.45. The minimum Gasteiger partial charge on any atom is -0.372 e. The van der Waals surface area contributed by atoms with E-state index in [2.05, 4.69) is 11.4 Å². The fourth-order valence-corrected chi connectivity index (χ4v) is 1.27. The Labute approximate surface area is 89.1 Å². The maximum absolute atomic E-state index is 12.7. The second kappa shape index (κ2) is 5.32. The molecule has 0 aliphatic rings. The van der Waals surface area contributed by atoms with E-state index in [4.69, 9.17) is 5.26 Å². The van der Waals surface area contributed by atoms with Crippen LogP contribution in [0, 0.1) is 17.1 Å². The van der Waals surface area contributed by atoms with Gasteiger partial charge in [0.2, 0.25) is 0 Å². The van der Waals surface area contributed by atoms with Crippen molar-refractivity contribution in [2.75, 3.05) is 25.5 Å². The van der Waals surface area contributed by atoms with Crippen molar-refractivity contribution >= 4 is 5.69 Å². The van der Waals surface area contributed by atoms with Crippen molar-refractivity contribution in [3.8, 4) is 6.07 Å². The molecule has 80 valence electrons. The molecule has 15 heavy (non-hydrogen) atoms. The number of nitrogens with one attached hydrogen (secondary N) is 1. The summed E-state index contributed by atoms with van der Waals surface area (Å²) in [5, 5.41) is 11.7. The molecule has 0 fully saturated rings. The third-order valence-electron chi connectivity index (χ3n) is 2.23. The summed E-state index contributed by atoms with van der Waals surface area (Å²) < 4.78 is 12.7. The Morgan fingerprint density at radius 3 is 2.53 bits per heavy atom. The Hall–Kier alpha value is -1.60. The zero-order chi connectivity index (χ0) is 11.3. The number of hydrogen-bond donors (Lipinski definition) is 1. The topological polar surface area (TPSA) is 39.1 Å². The van der Waals surface area contributed by atoms with Crippen LogP contribution in [0.4, 0.5) is 10.1 Å². The molecule has 0 heterocycles. The fraction of sp³-hybridized carbons (Fsp3) is 0.364. The van der Waals surface area contributed by atoms with Crippen molar-refractivity contribution in [1.82, 2.24) is 5.32 Å². The lowest BCUT2D eigenvalue weighted by Gasteiger charge is -2.21. The first-order chi connectivity index (χ1) is 7.17. The molecule has 0 aliphatic carbocycles. The van der Waals surface area contributed by atoms with E-state index in [1.807, 2.05) is 11.9 Å². The highest BCUT2D eigenvalue weighted by Gasteiger charge is 2.08. The van der Waals surface area contributed by atoms with E-state index in [1.54, 1.807) is 19.2 Å². The molecule has 4 heteroatoms. The second-order valence-electron chi connectivity index (χ2n) is 3.33. The van der Waals surface area contributed by atoms with Crippen LogP contribution < -0.4 is 10.2 Å². The van der Waals surface area contributed by atoms with Crippen LogP contribution in [0.25, 0.3) is 0 Å². The van der Waals surface area contributed by atoms with Crippen LogP contribution in [0.1, 0.15) is 0 Å². The van der Waals surface area contributed by atoms with Crippen molar-refractivity contribution in [2.45, 2.75) is 6.04 Å². The average molecular weight is 207 g/mol. The smallest absolute Gasteiger partial charge is 0.123 e. The van der Waals surface area contributed by atoms with Crippen molar-refractivity contribution in [3.63, 3.8) is 0 Å². The molecular formula is C11H14FN3. The van der Waals surface area contributed by atoms with E-state index in [0.717, 1.165) is 5.69 Å². The van der Waals surface area contributed by atoms with Crippen LogP contribution in [0.15, 0.2) is 24.3 Å². The van der Waals surface area contributed by atoms with Gasteiger partial charge in [-0.25, -0.2) is 4.39 Å². The van der Waals surface area contributed by atoms with Gasteiger partial charge in [-0.1, -0.05) is 0 Å². The minimum absolute atomic E-state index is 0.222. The van der Waals surface area contributed by atoms with E-state index < -0.39 is 0 Å². The third kappa shape index (κ3) is 3.22. The molecule has 1 aromatic carbocycles. The largest absolute Gasteiger partial charge is 0.372 e. The summed E-state index contributed by atoms with van der Waals surface area (Å²) in [6.07, 6.45) is 0. The van der Waals surface area contributed by atoms with Crippen LogP contribution in [0.3, 0.4) is 0 Å². The van der Waals surface area contributed by atoms with Crippen LogP contribution in [0.5, 0.6) is 0 Å². The first-order valence-corrected chi connectivity index (χ1v) is 4.71. The zero-order valence-electron chi connectivity index (χ0n) is 8.87. The number of halogens is 1. The molecule has 0 saturated heterocycles. The van der Waals surface area contributed by atoms with Crippen molar-refractivity contribution in [2.24, 2.45) is 0 Å². The number of anilines is 1. The fourth-order valence-electron chi connectivity index (χ4n) is 1.27. The molecule has 0 amide bonds. The van der Waals surface area contributed by atoms with Crippen LogP contribution >= 0.6 is 0 Å². The standard InChI is InChI=1S/C11H14FN3/c1-14-10(7-13)8-15(2)11-5-3-9(12)4-6-11/h3-6,10,14H,8H2,1-2H3. The molecule has 0 spiro atoms. The number of nitriles is 1. The molecule has 0 saturated carbocycles. The predicted octanol–water partition coefficient (Wildman–Crippen LogP) is 1.37. The lowest BCUT2D eigenvalue weighted by atomic mass is 10.2. The SMILES string of the molecule is CNC(C#N)CN(C)c1ccc(F)cc1. The van der Waals surface area contributed by atoms with Crippen molar-refractivity contribution < 1.29 is 4.39 Å². The van der Waals surface area contributed by atoms with Gasteiger partial charge in [-0.3, -0.25) is 0 Å². The Morgan fingerprint density at radius 2 is 2.07 bits per heavy atom. The number of rotatable bonds is 4. The van der Waals surface area contributed by atoms with E-state index in [-0.39, 0.29) is 11.9 Å². The molecular weight excluding hydrogens is 193 g/mol.